The Labute approximate surface area is 178 Å². The first-order chi connectivity index (χ1) is 14.0. The van der Waals surface area contributed by atoms with Gasteiger partial charge >= 0.3 is 0 Å². The van der Waals surface area contributed by atoms with Crippen LogP contribution in [0.15, 0.2) is 60.7 Å². The lowest BCUT2D eigenvalue weighted by molar-refractivity contribution is 0.116. The van der Waals surface area contributed by atoms with E-state index in [-0.39, 0.29) is 12.6 Å². The molecule has 29 heavy (non-hydrogen) atoms. The summed E-state index contributed by atoms with van der Waals surface area (Å²) in [4.78, 5) is 2.61. The summed E-state index contributed by atoms with van der Waals surface area (Å²) in [5.41, 5.74) is 2.69. The predicted molar refractivity (Wildman–Crippen MR) is 124 cm³/mol. The molecule has 0 saturated carbocycles. The maximum Gasteiger partial charge on any atom is 0.0584 e. The van der Waals surface area contributed by atoms with Crippen molar-refractivity contribution in [3.05, 3.63) is 71.8 Å². The molecule has 2 aromatic rings. The third-order valence-corrected chi connectivity index (χ3v) is 5.82. The molecule has 0 aliphatic heterocycles. The van der Waals surface area contributed by atoms with Crippen molar-refractivity contribution in [1.29, 1.82) is 0 Å². The zero-order valence-electron chi connectivity index (χ0n) is 18.7. The highest BCUT2D eigenvalue weighted by molar-refractivity contribution is 5.17. The molecule has 0 amide bonds. The first-order valence-corrected chi connectivity index (χ1v) is 11.2. The van der Waals surface area contributed by atoms with Crippen molar-refractivity contribution < 1.29 is 5.11 Å². The molecule has 0 radical (unpaired) electrons. The highest BCUT2D eigenvalue weighted by atomic mass is 16.3. The largest absolute Gasteiger partial charge is 0.395 e. The van der Waals surface area contributed by atoms with Crippen molar-refractivity contribution in [2.45, 2.75) is 65.7 Å². The van der Waals surface area contributed by atoms with Gasteiger partial charge in [0.25, 0.3) is 0 Å². The molecule has 3 nitrogen and oxygen atoms in total. The van der Waals surface area contributed by atoms with Gasteiger partial charge in [-0.15, -0.1) is 0 Å². The summed E-state index contributed by atoms with van der Waals surface area (Å²) in [5.74, 6) is 1.14. The number of aliphatic hydroxyl groups is 1. The highest BCUT2D eigenvalue weighted by Gasteiger charge is 2.25. The van der Waals surface area contributed by atoms with Crippen LogP contribution in [0.5, 0.6) is 0 Å². The maximum absolute atomic E-state index is 9.82. The van der Waals surface area contributed by atoms with E-state index < -0.39 is 0 Å². The van der Waals surface area contributed by atoms with Crippen LogP contribution < -0.4 is 5.32 Å². The van der Waals surface area contributed by atoms with Gasteiger partial charge in [-0.3, -0.25) is 4.90 Å². The zero-order valence-corrected chi connectivity index (χ0v) is 18.7. The van der Waals surface area contributed by atoms with Crippen LogP contribution in [0.25, 0.3) is 0 Å². The summed E-state index contributed by atoms with van der Waals surface area (Å²) in [5, 5.41) is 13.5. The second-order valence-corrected chi connectivity index (χ2v) is 8.75. The van der Waals surface area contributed by atoms with Crippen LogP contribution in [0.2, 0.25) is 0 Å². The minimum absolute atomic E-state index is 0.164. The van der Waals surface area contributed by atoms with E-state index in [0.29, 0.717) is 17.9 Å². The van der Waals surface area contributed by atoms with E-state index in [9.17, 15) is 5.11 Å². The first kappa shape index (κ1) is 23.6. The molecule has 0 fully saturated rings. The maximum atomic E-state index is 9.82. The summed E-state index contributed by atoms with van der Waals surface area (Å²) >= 11 is 0. The summed E-state index contributed by atoms with van der Waals surface area (Å²) < 4.78 is 0. The van der Waals surface area contributed by atoms with E-state index in [0.717, 1.165) is 32.5 Å². The number of nitrogens with one attached hydrogen (secondary N) is 1. The van der Waals surface area contributed by atoms with Gasteiger partial charge in [-0.05, 0) is 29.4 Å². The third-order valence-electron chi connectivity index (χ3n) is 5.82. The van der Waals surface area contributed by atoms with E-state index >= 15 is 0 Å². The van der Waals surface area contributed by atoms with Gasteiger partial charge < -0.3 is 10.4 Å². The van der Waals surface area contributed by atoms with Gasteiger partial charge in [-0.1, -0.05) is 94.8 Å². The summed E-state index contributed by atoms with van der Waals surface area (Å²) in [6.07, 6.45) is 2.14. The molecule has 0 bridgehead atoms. The summed E-state index contributed by atoms with van der Waals surface area (Å²) in [6, 6.07) is 22.1. The molecule has 0 aliphatic rings. The number of hydrogen-bond donors (Lipinski definition) is 2. The predicted octanol–water partition coefficient (Wildman–Crippen LogP) is 5.10. The molecule has 0 heterocycles. The second kappa shape index (κ2) is 12.8. The molecular formula is C26H40N2O. The average molecular weight is 397 g/mol. The Kier molecular flexibility index (Phi) is 10.4. The Morgan fingerprint density at radius 3 is 1.79 bits per heavy atom. The average Bonchev–Trinajstić information content (AvgIpc) is 2.73. The van der Waals surface area contributed by atoms with Crippen LogP contribution in [0.1, 0.15) is 51.7 Å². The molecular weight excluding hydrogens is 356 g/mol. The second-order valence-electron chi connectivity index (χ2n) is 8.75. The highest BCUT2D eigenvalue weighted by Crippen LogP contribution is 2.21. The number of benzene rings is 2. The fourth-order valence-corrected chi connectivity index (χ4v) is 3.97. The normalized spacial score (nSPS) is 14.9. The molecule has 0 aliphatic carbocycles. The molecule has 3 heteroatoms. The van der Waals surface area contributed by atoms with Crippen molar-refractivity contribution in [3.8, 4) is 0 Å². The fraction of sp³-hybridized carbons (Fsp3) is 0.538. The van der Waals surface area contributed by atoms with Crippen LogP contribution in [-0.4, -0.2) is 35.2 Å². The minimum Gasteiger partial charge on any atom is -0.395 e. The van der Waals surface area contributed by atoms with Crippen molar-refractivity contribution in [3.63, 3.8) is 0 Å². The molecule has 160 valence electrons. The lowest BCUT2D eigenvalue weighted by Crippen LogP contribution is -2.48. The Morgan fingerprint density at radius 2 is 1.38 bits per heavy atom. The molecule has 3 atom stereocenters. The first-order valence-electron chi connectivity index (χ1n) is 11.2. The van der Waals surface area contributed by atoms with Crippen LogP contribution in [0.4, 0.5) is 0 Å². The van der Waals surface area contributed by atoms with Crippen LogP contribution in [-0.2, 0) is 13.1 Å². The zero-order chi connectivity index (χ0) is 21.1. The van der Waals surface area contributed by atoms with Gasteiger partial charge in [0.2, 0.25) is 0 Å². The molecule has 0 aromatic heterocycles. The molecule has 2 rings (SSSR count). The standard InChI is InChI=1S/C26H40N2O/c1-5-22(4)26(17-27-25(20-29)16-21(2)3)28(18-23-12-8-6-9-13-23)19-24-14-10-7-11-15-24/h6-15,21-22,25-27,29H,5,16-20H2,1-4H3. The van der Waals surface area contributed by atoms with Gasteiger partial charge in [-0.25, -0.2) is 0 Å². The topological polar surface area (TPSA) is 35.5 Å². The number of hydrogen-bond acceptors (Lipinski definition) is 3. The molecule has 0 saturated heterocycles. The van der Waals surface area contributed by atoms with Crippen LogP contribution in [0, 0.1) is 11.8 Å². The summed E-state index contributed by atoms with van der Waals surface area (Å²) in [7, 11) is 0. The van der Waals surface area contributed by atoms with Crippen LogP contribution in [0.3, 0.4) is 0 Å². The van der Waals surface area contributed by atoms with Gasteiger partial charge in [0.1, 0.15) is 0 Å². The van der Waals surface area contributed by atoms with Gasteiger partial charge in [0.15, 0.2) is 0 Å². The number of aliphatic hydroxyl groups excluding tert-OH is 1. The molecule has 0 spiro atoms. The monoisotopic (exact) mass is 396 g/mol. The minimum atomic E-state index is 0.164. The quantitative estimate of drug-likeness (QED) is 0.494. The van der Waals surface area contributed by atoms with Crippen molar-refractivity contribution in [2.24, 2.45) is 11.8 Å². The third kappa shape index (κ3) is 8.30. The lowest BCUT2D eigenvalue weighted by Gasteiger charge is -2.37. The Hall–Kier alpha value is -1.68. The van der Waals surface area contributed by atoms with E-state index in [1.54, 1.807) is 0 Å². The van der Waals surface area contributed by atoms with Crippen molar-refractivity contribution in [1.82, 2.24) is 10.2 Å². The fourth-order valence-electron chi connectivity index (χ4n) is 3.97. The van der Waals surface area contributed by atoms with Crippen LogP contribution >= 0.6 is 0 Å². The molecule has 2 N–H and O–H groups in total. The molecule has 2 aromatic carbocycles. The summed E-state index contributed by atoms with van der Waals surface area (Å²) in [6.45, 7) is 12.0. The number of nitrogens with zero attached hydrogens (tertiary/aromatic N) is 1. The van der Waals surface area contributed by atoms with Gasteiger partial charge in [0, 0.05) is 31.7 Å². The van der Waals surface area contributed by atoms with Crippen molar-refractivity contribution >= 4 is 0 Å². The number of rotatable bonds is 13. The van der Waals surface area contributed by atoms with E-state index in [4.69, 9.17) is 0 Å². The van der Waals surface area contributed by atoms with Gasteiger partial charge in [-0.2, -0.15) is 0 Å². The Bertz CT molecular complexity index is 617. The van der Waals surface area contributed by atoms with Crippen molar-refractivity contribution in [2.75, 3.05) is 13.2 Å². The smallest absolute Gasteiger partial charge is 0.0584 e. The lowest BCUT2D eigenvalue weighted by atomic mass is 9.95. The van der Waals surface area contributed by atoms with E-state index in [2.05, 4.69) is 98.6 Å². The Morgan fingerprint density at radius 1 is 0.862 bits per heavy atom. The SMILES string of the molecule is CCC(C)C(CNC(CO)CC(C)C)N(Cc1ccccc1)Cc1ccccc1. The van der Waals surface area contributed by atoms with E-state index in [1.807, 2.05) is 0 Å². The van der Waals surface area contributed by atoms with Gasteiger partial charge in [0.05, 0.1) is 6.61 Å². The Balaban J connectivity index is 2.20. The van der Waals surface area contributed by atoms with E-state index in [1.165, 1.54) is 11.1 Å². The molecule has 3 unspecified atom stereocenters.